The van der Waals surface area contributed by atoms with Crippen molar-refractivity contribution in [3.8, 4) is 0 Å². The lowest BCUT2D eigenvalue weighted by Crippen LogP contribution is -2.39. The number of amidine groups is 1. The van der Waals surface area contributed by atoms with Gasteiger partial charge in [-0.25, -0.2) is 0 Å². The molecule has 98 valence electrons. The zero-order valence-corrected chi connectivity index (χ0v) is 12.3. The summed E-state index contributed by atoms with van der Waals surface area (Å²) in [4.78, 5) is 4.80. The van der Waals surface area contributed by atoms with Gasteiger partial charge in [0.15, 0.2) is 5.17 Å². The molecular formula is C14H26N2S. The number of nitrogens with zero attached hydrogens (tertiary/aromatic N) is 1. The van der Waals surface area contributed by atoms with Crippen molar-refractivity contribution in [2.75, 3.05) is 5.75 Å². The second-order valence-corrected chi connectivity index (χ2v) is 7.30. The van der Waals surface area contributed by atoms with Crippen molar-refractivity contribution in [1.82, 2.24) is 5.32 Å². The van der Waals surface area contributed by atoms with Gasteiger partial charge in [0.1, 0.15) is 0 Å². The van der Waals surface area contributed by atoms with E-state index in [4.69, 9.17) is 4.99 Å². The molecule has 1 aliphatic carbocycles. The third kappa shape index (κ3) is 3.90. The maximum absolute atomic E-state index is 4.80. The van der Waals surface area contributed by atoms with E-state index in [1.165, 1.54) is 49.4 Å². The summed E-state index contributed by atoms with van der Waals surface area (Å²) in [6, 6.07) is 1.24. The Hall–Kier alpha value is -0.180. The second kappa shape index (κ2) is 5.64. The average molecular weight is 254 g/mol. The standard InChI is InChI=1S/C14H26N2S/c1-4-11-7-10-17-13(15-11)16-12-5-8-14(2,3)9-6-12/h11-12H,4-10H2,1-3H3,(H,15,16). The lowest BCUT2D eigenvalue weighted by molar-refractivity contribution is 0.217. The molecule has 0 saturated heterocycles. The molecule has 0 bridgehead atoms. The van der Waals surface area contributed by atoms with Crippen LogP contribution in [0.3, 0.4) is 0 Å². The Labute approximate surface area is 110 Å². The fraction of sp³-hybridized carbons (Fsp3) is 0.929. The monoisotopic (exact) mass is 254 g/mol. The van der Waals surface area contributed by atoms with Gasteiger partial charge in [-0.1, -0.05) is 32.5 Å². The van der Waals surface area contributed by atoms with Crippen LogP contribution in [0.5, 0.6) is 0 Å². The van der Waals surface area contributed by atoms with Crippen LogP contribution >= 0.6 is 11.8 Å². The maximum atomic E-state index is 4.80. The normalized spacial score (nSPS) is 29.8. The third-order valence-electron chi connectivity index (χ3n) is 4.13. The van der Waals surface area contributed by atoms with E-state index < -0.39 is 0 Å². The summed E-state index contributed by atoms with van der Waals surface area (Å²) in [5.74, 6) is 1.24. The molecule has 0 spiro atoms. The molecule has 0 radical (unpaired) electrons. The van der Waals surface area contributed by atoms with Crippen molar-refractivity contribution in [2.24, 2.45) is 10.4 Å². The number of aliphatic imine (C=N–C) groups is 1. The van der Waals surface area contributed by atoms with Crippen LogP contribution in [0.25, 0.3) is 0 Å². The van der Waals surface area contributed by atoms with Crippen molar-refractivity contribution in [3.63, 3.8) is 0 Å². The van der Waals surface area contributed by atoms with E-state index in [1.54, 1.807) is 0 Å². The first-order valence-electron chi connectivity index (χ1n) is 7.06. The van der Waals surface area contributed by atoms with Gasteiger partial charge in [-0.2, -0.15) is 0 Å². The van der Waals surface area contributed by atoms with Crippen molar-refractivity contribution >= 4 is 16.9 Å². The van der Waals surface area contributed by atoms with E-state index in [2.05, 4.69) is 26.1 Å². The first kappa shape index (κ1) is 13.3. The minimum Gasteiger partial charge on any atom is -0.362 e. The van der Waals surface area contributed by atoms with Crippen LogP contribution in [0.1, 0.15) is 59.3 Å². The van der Waals surface area contributed by atoms with Crippen LogP contribution < -0.4 is 5.32 Å². The van der Waals surface area contributed by atoms with Crippen LogP contribution in [-0.2, 0) is 0 Å². The average Bonchev–Trinajstić information content (AvgIpc) is 2.32. The zero-order valence-electron chi connectivity index (χ0n) is 11.5. The lowest BCUT2D eigenvalue weighted by Gasteiger charge is -2.35. The molecule has 17 heavy (non-hydrogen) atoms. The first-order chi connectivity index (χ1) is 8.09. The lowest BCUT2D eigenvalue weighted by atomic mass is 9.76. The number of thioether (sulfide) groups is 1. The van der Waals surface area contributed by atoms with Gasteiger partial charge in [-0.15, -0.1) is 0 Å². The van der Waals surface area contributed by atoms with Crippen molar-refractivity contribution < 1.29 is 0 Å². The van der Waals surface area contributed by atoms with Gasteiger partial charge in [0.2, 0.25) is 0 Å². The Morgan fingerprint density at radius 3 is 2.65 bits per heavy atom. The third-order valence-corrected chi connectivity index (χ3v) is 5.06. The number of hydrogen-bond donors (Lipinski definition) is 1. The summed E-state index contributed by atoms with van der Waals surface area (Å²) in [6.45, 7) is 7.03. The van der Waals surface area contributed by atoms with Crippen LogP contribution in [0, 0.1) is 5.41 Å². The Morgan fingerprint density at radius 1 is 1.29 bits per heavy atom. The minimum absolute atomic E-state index is 0.561. The summed E-state index contributed by atoms with van der Waals surface area (Å²) in [6.07, 6.45) is 7.75. The molecule has 1 aliphatic heterocycles. The molecule has 1 N–H and O–H groups in total. The van der Waals surface area contributed by atoms with Crippen LogP contribution in [-0.4, -0.2) is 23.0 Å². The van der Waals surface area contributed by atoms with Crippen LogP contribution in [0.2, 0.25) is 0 Å². The predicted molar refractivity (Wildman–Crippen MR) is 77.8 cm³/mol. The molecule has 1 unspecified atom stereocenters. The maximum Gasteiger partial charge on any atom is 0.157 e. The van der Waals surface area contributed by atoms with E-state index >= 15 is 0 Å². The predicted octanol–water partition coefficient (Wildman–Crippen LogP) is 3.82. The molecule has 1 saturated carbocycles. The molecule has 3 heteroatoms. The summed E-state index contributed by atoms with van der Waals surface area (Å²) >= 11 is 1.91. The smallest absolute Gasteiger partial charge is 0.157 e. The fourth-order valence-corrected chi connectivity index (χ4v) is 3.71. The van der Waals surface area contributed by atoms with E-state index in [1.807, 2.05) is 11.8 Å². The number of hydrogen-bond acceptors (Lipinski definition) is 3. The van der Waals surface area contributed by atoms with E-state index in [-0.39, 0.29) is 0 Å². The fourth-order valence-electron chi connectivity index (χ4n) is 2.65. The molecule has 1 heterocycles. The van der Waals surface area contributed by atoms with Gasteiger partial charge in [-0.05, 0) is 43.9 Å². The highest BCUT2D eigenvalue weighted by Crippen LogP contribution is 2.35. The molecule has 2 aliphatic rings. The van der Waals surface area contributed by atoms with Crippen LogP contribution in [0.15, 0.2) is 4.99 Å². The highest BCUT2D eigenvalue weighted by atomic mass is 32.2. The molecule has 0 amide bonds. The van der Waals surface area contributed by atoms with Gasteiger partial charge in [0.25, 0.3) is 0 Å². The second-order valence-electron chi connectivity index (χ2n) is 6.22. The Balaban J connectivity index is 1.83. The zero-order chi connectivity index (χ0) is 12.3. The van der Waals surface area contributed by atoms with E-state index in [0.29, 0.717) is 17.5 Å². The molecule has 2 rings (SSSR count). The van der Waals surface area contributed by atoms with E-state index in [9.17, 15) is 0 Å². The van der Waals surface area contributed by atoms with Gasteiger partial charge < -0.3 is 5.32 Å². The molecule has 1 atom stereocenters. The van der Waals surface area contributed by atoms with Gasteiger partial charge in [0.05, 0.1) is 6.04 Å². The van der Waals surface area contributed by atoms with Crippen molar-refractivity contribution in [2.45, 2.75) is 71.4 Å². The highest BCUT2D eigenvalue weighted by molar-refractivity contribution is 8.13. The summed E-state index contributed by atoms with van der Waals surface area (Å²) in [5.41, 5.74) is 0.561. The Kier molecular flexibility index (Phi) is 4.40. The summed E-state index contributed by atoms with van der Waals surface area (Å²) < 4.78 is 0. The highest BCUT2D eigenvalue weighted by Gasteiger charge is 2.27. The largest absolute Gasteiger partial charge is 0.362 e. The SMILES string of the molecule is CCC1CCSC(NC2CCC(C)(C)CC2)=N1. The van der Waals surface area contributed by atoms with Crippen molar-refractivity contribution in [3.05, 3.63) is 0 Å². The van der Waals surface area contributed by atoms with Crippen LogP contribution in [0.4, 0.5) is 0 Å². The summed E-state index contributed by atoms with van der Waals surface area (Å²) in [7, 11) is 0. The first-order valence-corrected chi connectivity index (χ1v) is 8.05. The molecule has 0 aromatic heterocycles. The molecule has 0 aromatic rings. The number of rotatable bonds is 2. The van der Waals surface area contributed by atoms with Crippen molar-refractivity contribution in [1.29, 1.82) is 0 Å². The number of nitrogens with one attached hydrogen (secondary N) is 1. The van der Waals surface area contributed by atoms with Gasteiger partial charge in [0, 0.05) is 11.8 Å². The molecule has 0 aromatic carbocycles. The van der Waals surface area contributed by atoms with Gasteiger partial charge in [-0.3, -0.25) is 4.99 Å². The molecular weight excluding hydrogens is 228 g/mol. The molecule has 2 nitrogen and oxygen atoms in total. The van der Waals surface area contributed by atoms with E-state index in [0.717, 1.165) is 0 Å². The Bertz CT molecular complexity index is 276. The van der Waals surface area contributed by atoms with Gasteiger partial charge >= 0.3 is 0 Å². The quantitative estimate of drug-likeness (QED) is 0.810. The Morgan fingerprint density at radius 2 is 2.00 bits per heavy atom. The minimum atomic E-state index is 0.561. The topological polar surface area (TPSA) is 24.4 Å². The molecule has 1 fully saturated rings. The summed E-state index contributed by atoms with van der Waals surface area (Å²) in [5, 5.41) is 4.89.